The minimum absolute atomic E-state index is 0. The Kier molecular flexibility index (Phi) is 12.7. The van der Waals surface area contributed by atoms with Crippen molar-refractivity contribution in [1.82, 2.24) is 15.1 Å². The first kappa shape index (κ1) is 25.1. The molecule has 1 N–H and O–H groups in total. The fourth-order valence-electron chi connectivity index (χ4n) is 3.33. The molecule has 0 saturated carbocycles. The molecule has 1 aromatic carbocycles. The lowest BCUT2D eigenvalue weighted by atomic mass is 10.1. The summed E-state index contributed by atoms with van der Waals surface area (Å²) >= 11 is 0. The summed E-state index contributed by atoms with van der Waals surface area (Å²) in [4.78, 5) is 9.12. The third-order valence-electron chi connectivity index (χ3n) is 5.02. The SMILES string of the molecule is CCN(C)Cc1cccc(CNC(=NC)N2CCC(COCCOC)C2)c1.I. The summed E-state index contributed by atoms with van der Waals surface area (Å²) in [5.74, 6) is 1.54. The van der Waals surface area contributed by atoms with Crippen LogP contribution in [0.15, 0.2) is 29.3 Å². The minimum atomic E-state index is 0. The number of aliphatic imine (C=N–C) groups is 1. The monoisotopic (exact) mass is 504 g/mol. The zero-order chi connectivity index (χ0) is 19.5. The van der Waals surface area contributed by atoms with Crippen LogP contribution in [-0.4, -0.2) is 76.4 Å². The van der Waals surface area contributed by atoms with Gasteiger partial charge in [0.25, 0.3) is 0 Å². The van der Waals surface area contributed by atoms with Crippen molar-refractivity contribution in [2.24, 2.45) is 10.9 Å². The molecule has 28 heavy (non-hydrogen) atoms. The maximum Gasteiger partial charge on any atom is 0.193 e. The number of hydrogen-bond acceptors (Lipinski definition) is 4. The predicted octanol–water partition coefficient (Wildman–Crippen LogP) is 2.82. The van der Waals surface area contributed by atoms with Crippen LogP contribution in [0, 0.1) is 5.92 Å². The molecular formula is C21H37IN4O2. The zero-order valence-corrected chi connectivity index (χ0v) is 20.1. The van der Waals surface area contributed by atoms with Crippen LogP contribution in [0.4, 0.5) is 0 Å². The third kappa shape index (κ3) is 8.63. The standard InChI is InChI=1S/C21H36N4O2.HI/c1-5-24(3)15-19-8-6-7-18(13-19)14-23-21(22-2)25-10-9-20(16-25)17-27-12-11-26-4;/h6-8,13,20H,5,9-12,14-17H2,1-4H3,(H,22,23);1H. The van der Waals surface area contributed by atoms with E-state index in [0.717, 1.165) is 51.7 Å². The first-order valence-electron chi connectivity index (χ1n) is 9.94. The van der Waals surface area contributed by atoms with E-state index in [1.54, 1.807) is 7.11 Å². The molecular weight excluding hydrogens is 467 g/mol. The molecule has 1 fully saturated rings. The molecule has 0 aliphatic carbocycles. The van der Waals surface area contributed by atoms with Crippen molar-refractivity contribution >= 4 is 29.9 Å². The maximum absolute atomic E-state index is 5.69. The van der Waals surface area contributed by atoms with Crippen LogP contribution in [0.25, 0.3) is 0 Å². The van der Waals surface area contributed by atoms with Crippen LogP contribution in [0.3, 0.4) is 0 Å². The number of methoxy groups -OCH3 is 1. The van der Waals surface area contributed by atoms with Crippen molar-refractivity contribution in [3.05, 3.63) is 35.4 Å². The summed E-state index contributed by atoms with van der Waals surface area (Å²) in [6.45, 7) is 9.16. The van der Waals surface area contributed by atoms with Gasteiger partial charge in [0.1, 0.15) is 0 Å². The molecule has 0 aromatic heterocycles. The van der Waals surface area contributed by atoms with E-state index in [9.17, 15) is 0 Å². The summed E-state index contributed by atoms with van der Waals surface area (Å²) < 4.78 is 10.7. The molecule has 0 amide bonds. The van der Waals surface area contributed by atoms with Crippen molar-refractivity contribution in [2.75, 3.05) is 60.7 Å². The third-order valence-corrected chi connectivity index (χ3v) is 5.02. The summed E-state index contributed by atoms with van der Waals surface area (Å²) in [6, 6.07) is 8.79. The Bertz CT molecular complexity index is 585. The van der Waals surface area contributed by atoms with E-state index in [2.05, 4.69) is 58.3 Å². The zero-order valence-electron chi connectivity index (χ0n) is 17.8. The number of nitrogens with zero attached hydrogens (tertiary/aromatic N) is 3. The Hall–Kier alpha value is -0.900. The first-order chi connectivity index (χ1) is 13.2. The fourth-order valence-corrected chi connectivity index (χ4v) is 3.33. The van der Waals surface area contributed by atoms with E-state index >= 15 is 0 Å². The highest BCUT2D eigenvalue weighted by Gasteiger charge is 2.24. The highest BCUT2D eigenvalue weighted by Crippen LogP contribution is 2.17. The van der Waals surface area contributed by atoms with Crippen LogP contribution >= 0.6 is 24.0 Å². The second-order valence-electron chi connectivity index (χ2n) is 7.22. The van der Waals surface area contributed by atoms with Crippen LogP contribution in [0.2, 0.25) is 0 Å². The number of nitrogens with one attached hydrogen (secondary N) is 1. The second-order valence-corrected chi connectivity index (χ2v) is 7.22. The lowest BCUT2D eigenvalue weighted by molar-refractivity contribution is 0.0536. The molecule has 0 spiro atoms. The highest BCUT2D eigenvalue weighted by molar-refractivity contribution is 14.0. The summed E-state index contributed by atoms with van der Waals surface area (Å²) in [7, 11) is 5.71. The lowest BCUT2D eigenvalue weighted by Gasteiger charge is -2.22. The number of halogens is 1. The normalized spacial score (nSPS) is 17.1. The van der Waals surface area contributed by atoms with Crippen LogP contribution in [0.1, 0.15) is 24.5 Å². The fraction of sp³-hybridized carbons (Fsp3) is 0.667. The summed E-state index contributed by atoms with van der Waals surface area (Å²) in [6.07, 6.45) is 1.15. The lowest BCUT2D eigenvalue weighted by Crippen LogP contribution is -2.39. The second kappa shape index (κ2) is 14.1. The molecule has 7 heteroatoms. The molecule has 1 unspecified atom stereocenters. The topological polar surface area (TPSA) is 49.3 Å². The largest absolute Gasteiger partial charge is 0.382 e. The first-order valence-corrected chi connectivity index (χ1v) is 9.94. The predicted molar refractivity (Wildman–Crippen MR) is 126 cm³/mol. The smallest absolute Gasteiger partial charge is 0.193 e. The molecule has 0 radical (unpaired) electrons. The number of likely N-dealkylation sites (tertiary alicyclic amines) is 1. The van der Waals surface area contributed by atoms with Crippen LogP contribution in [-0.2, 0) is 22.6 Å². The Morgan fingerprint density at radius 2 is 2.11 bits per heavy atom. The Labute approximate surface area is 187 Å². The van der Waals surface area contributed by atoms with Gasteiger partial charge >= 0.3 is 0 Å². The molecule has 1 aromatic rings. The number of benzene rings is 1. The van der Waals surface area contributed by atoms with Crippen LogP contribution in [0.5, 0.6) is 0 Å². The van der Waals surface area contributed by atoms with Crippen molar-refractivity contribution in [3.63, 3.8) is 0 Å². The molecule has 1 aliphatic rings. The van der Waals surface area contributed by atoms with E-state index in [1.165, 1.54) is 11.1 Å². The molecule has 1 atom stereocenters. The summed E-state index contributed by atoms with van der Waals surface area (Å²) in [5.41, 5.74) is 2.64. The quantitative estimate of drug-likeness (QED) is 0.230. The van der Waals surface area contributed by atoms with Crippen LogP contribution < -0.4 is 5.32 Å². The highest BCUT2D eigenvalue weighted by atomic mass is 127. The van der Waals surface area contributed by atoms with Gasteiger partial charge in [-0.3, -0.25) is 4.99 Å². The van der Waals surface area contributed by atoms with E-state index in [0.29, 0.717) is 19.1 Å². The molecule has 2 rings (SSSR count). The van der Waals surface area contributed by atoms with E-state index in [4.69, 9.17) is 9.47 Å². The van der Waals surface area contributed by atoms with Crippen molar-refractivity contribution in [1.29, 1.82) is 0 Å². The Morgan fingerprint density at radius 3 is 2.82 bits per heavy atom. The van der Waals surface area contributed by atoms with Gasteiger partial charge in [0.05, 0.1) is 19.8 Å². The molecule has 1 heterocycles. The van der Waals surface area contributed by atoms with Gasteiger partial charge in [0.2, 0.25) is 0 Å². The van der Waals surface area contributed by atoms with Gasteiger partial charge in [-0.05, 0) is 31.1 Å². The van der Waals surface area contributed by atoms with Crippen molar-refractivity contribution < 1.29 is 9.47 Å². The van der Waals surface area contributed by atoms with Gasteiger partial charge in [-0.1, -0.05) is 31.2 Å². The number of rotatable bonds is 10. The van der Waals surface area contributed by atoms with Gasteiger partial charge in [0.15, 0.2) is 5.96 Å². The molecule has 1 saturated heterocycles. The molecule has 0 bridgehead atoms. The number of guanidine groups is 1. The van der Waals surface area contributed by atoms with E-state index < -0.39 is 0 Å². The Morgan fingerprint density at radius 1 is 1.32 bits per heavy atom. The number of ether oxygens (including phenoxy) is 2. The molecule has 6 nitrogen and oxygen atoms in total. The van der Waals surface area contributed by atoms with Gasteiger partial charge in [-0.15, -0.1) is 24.0 Å². The van der Waals surface area contributed by atoms with Gasteiger partial charge < -0.3 is 24.6 Å². The van der Waals surface area contributed by atoms with Crippen molar-refractivity contribution in [2.45, 2.75) is 26.4 Å². The van der Waals surface area contributed by atoms with E-state index in [-0.39, 0.29) is 24.0 Å². The Balaban J connectivity index is 0.00000392. The van der Waals surface area contributed by atoms with Gasteiger partial charge in [-0.2, -0.15) is 0 Å². The van der Waals surface area contributed by atoms with E-state index in [1.807, 2.05) is 7.05 Å². The molecule has 160 valence electrons. The summed E-state index contributed by atoms with van der Waals surface area (Å²) in [5, 5.41) is 3.52. The van der Waals surface area contributed by atoms with Crippen molar-refractivity contribution in [3.8, 4) is 0 Å². The average Bonchev–Trinajstić information content (AvgIpc) is 3.15. The minimum Gasteiger partial charge on any atom is -0.382 e. The molecule has 1 aliphatic heterocycles. The number of hydrogen-bond donors (Lipinski definition) is 1. The van der Waals surface area contributed by atoms with Gasteiger partial charge in [-0.25, -0.2) is 0 Å². The van der Waals surface area contributed by atoms with Gasteiger partial charge in [0, 0.05) is 46.3 Å². The maximum atomic E-state index is 5.69. The average molecular weight is 504 g/mol.